The molecule has 2 N–H and O–H groups in total. The predicted octanol–water partition coefficient (Wildman–Crippen LogP) is 2.76. The van der Waals surface area contributed by atoms with Crippen molar-refractivity contribution < 1.29 is 33.5 Å². The Morgan fingerprint density at radius 2 is 1.61 bits per heavy atom. The van der Waals surface area contributed by atoms with Crippen LogP contribution >= 0.6 is 0 Å². The predicted molar refractivity (Wildman–Crippen MR) is 145 cm³/mol. The molecule has 1 aliphatic rings. The molecule has 1 aromatic heterocycles. The van der Waals surface area contributed by atoms with Crippen molar-refractivity contribution >= 4 is 51.7 Å². The van der Waals surface area contributed by atoms with Gasteiger partial charge in [0, 0.05) is 27.9 Å². The number of ketones is 4. The Hall–Kier alpha value is -5.58. The number of rotatable bonds is 7. The van der Waals surface area contributed by atoms with Crippen molar-refractivity contribution in [3.8, 4) is 0 Å². The van der Waals surface area contributed by atoms with E-state index in [0.717, 1.165) is 0 Å². The Morgan fingerprint density at radius 1 is 0.902 bits per heavy atom. The molecule has 0 fully saturated rings. The van der Waals surface area contributed by atoms with Gasteiger partial charge >= 0.3 is 5.97 Å². The first-order chi connectivity index (χ1) is 19.6. The van der Waals surface area contributed by atoms with E-state index in [2.05, 4.69) is 15.3 Å². The summed E-state index contributed by atoms with van der Waals surface area (Å²) in [6.45, 7) is 2.66. The largest absolute Gasteiger partial charge is 0.465 e. The van der Waals surface area contributed by atoms with Crippen LogP contribution in [0.2, 0.25) is 0 Å². The van der Waals surface area contributed by atoms with Gasteiger partial charge in [-0.05, 0) is 38.1 Å². The number of nitrogens with one attached hydrogen (secondary N) is 2. The minimum Gasteiger partial charge on any atom is -0.465 e. The highest BCUT2D eigenvalue weighted by Gasteiger charge is 2.39. The zero-order chi connectivity index (χ0) is 29.4. The lowest BCUT2D eigenvalue weighted by Gasteiger charge is -2.19. The van der Waals surface area contributed by atoms with Crippen molar-refractivity contribution in [2.45, 2.75) is 19.8 Å². The van der Waals surface area contributed by atoms with Crippen LogP contribution < -0.4 is 10.9 Å². The first-order valence-electron chi connectivity index (χ1n) is 12.5. The maximum absolute atomic E-state index is 13.3. The summed E-state index contributed by atoms with van der Waals surface area (Å²) < 4.78 is 4.98. The summed E-state index contributed by atoms with van der Waals surface area (Å²) in [6, 6.07) is 14.8. The van der Waals surface area contributed by atoms with Gasteiger partial charge in [0.25, 0.3) is 11.5 Å². The Kier molecular flexibility index (Phi) is 6.94. The zero-order valence-electron chi connectivity index (χ0n) is 21.8. The van der Waals surface area contributed by atoms with Gasteiger partial charge in [0.15, 0.2) is 23.3 Å². The molecule has 5 rings (SSSR count). The maximum atomic E-state index is 13.3. The third-order valence-electron chi connectivity index (χ3n) is 6.59. The molecule has 1 amide bonds. The van der Waals surface area contributed by atoms with Gasteiger partial charge in [-0.2, -0.15) is 0 Å². The summed E-state index contributed by atoms with van der Waals surface area (Å²) in [6.07, 6.45) is 0. The second-order valence-electron chi connectivity index (χ2n) is 9.18. The number of Topliss-reactive ketones (excluding diaryl/α,β-unsaturated/α-hetero) is 2. The van der Waals surface area contributed by atoms with Crippen molar-refractivity contribution in [1.29, 1.82) is 0 Å². The number of esters is 1. The summed E-state index contributed by atoms with van der Waals surface area (Å²) >= 11 is 0. The monoisotopic (exact) mass is 551 g/mol. The summed E-state index contributed by atoms with van der Waals surface area (Å²) in [5.74, 6) is -6.97. The SMILES string of the molecule is CCOC(=O)[C@@H](C(=O)C(=O)Nc1cccc(C(C)=O)c1)c1nc2ccc3c(c2[nH]c1=O)C(=O)c1ccccc1C3=O. The van der Waals surface area contributed by atoms with Crippen LogP contribution in [0.15, 0.2) is 65.5 Å². The fourth-order valence-corrected chi connectivity index (χ4v) is 4.66. The first kappa shape index (κ1) is 27.0. The fourth-order valence-electron chi connectivity index (χ4n) is 4.66. The van der Waals surface area contributed by atoms with Gasteiger partial charge in [0.05, 0.1) is 23.2 Å². The molecular weight excluding hydrogens is 530 g/mol. The number of H-pyrrole nitrogens is 1. The number of aromatic nitrogens is 2. The topological polar surface area (TPSA) is 169 Å². The van der Waals surface area contributed by atoms with E-state index in [0.29, 0.717) is 0 Å². The van der Waals surface area contributed by atoms with E-state index in [9.17, 15) is 33.6 Å². The van der Waals surface area contributed by atoms with Crippen LogP contribution in [0.5, 0.6) is 0 Å². The lowest BCUT2D eigenvalue weighted by molar-refractivity contribution is -0.150. The first-order valence-corrected chi connectivity index (χ1v) is 12.5. The minimum absolute atomic E-state index is 0.00977. The van der Waals surface area contributed by atoms with Crippen LogP contribution in [0.4, 0.5) is 5.69 Å². The van der Waals surface area contributed by atoms with Crippen molar-refractivity contribution in [1.82, 2.24) is 9.97 Å². The zero-order valence-corrected chi connectivity index (χ0v) is 21.8. The summed E-state index contributed by atoms with van der Waals surface area (Å²) in [5, 5.41) is 2.33. The van der Waals surface area contributed by atoms with Gasteiger partial charge in [0.2, 0.25) is 5.78 Å². The number of carbonyl (C=O) groups excluding carboxylic acids is 6. The number of aromatic amines is 1. The molecule has 0 bridgehead atoms. The Bertz CT molecular complexity index is 1890. The normalized spacial score (nSPS) is 12.7. The van der Waals surface area contributed by atoms with E-state index < -0.39 is 46.4 Å². The van der Waals surface area contributed by atoms with Crippen LogP contribution in [0.3, 0.4) is 0 Å². The molecule has 4 aromatic rings. The van der Waals surface area contributed by atoms with Crippen LogP contribution in [0, 0.1) is 0 Å². The molecule has 0 saturated carbocycles. The van der Waals surface area contributed by atoms with Crippen LogP contribution in [0.1, 0.15) is 67.7 Å². The quantitative estimate of drug-likeness (QED) is 0.134. The van der Waals surface area contributed by atoms with E-state index in [1.54, 1.807) is 12.1 Å². The van der Waals surface area contributed by atoms with E-state index in [4.69, 9.17) is 4.74 Å². The Balaban J connectivity index is 1.57. The highest BCUT2D eigenvalue weighted by atomic mass is 16.5. The molecule has 1 atom stereocenters. The van der Waals surface area contributed by atoms with E-state index in [-0.39, 0.29) is 56.9 Å². The van der Waals surface area contributed by atoms with Crippen molar-refractivity contribution in [2.24, 2.45) is 0 Å². The van der Waals surface area contributed by atoms with Crippen LogP contribution in [-0.4, -0.2) is 51.6 Å². The van der Waals surface area contributed by atoms with Gasteiger partial charge in [-0.25, -0.2) is 4.98 Å². The number of hydrogen-bond acceptors (Lipinski definition) is 9. The summed E-state index contributed by atoms with van der Waals surface area (Å²) in [4.78, 5) is 97.1. The number of ether oxygens (including phenoxy) is 1. The molecule has 11 heteroatoms. The van der Waals surface area contributed by atoms with Gasteiger partial charge in [0.1, 0.15) is 5.69 Å². The van der Waals surface area contributed by atoms with Gasteiger partial charge in [-0.15, -0.1) is 0 Å². The number of benzene rings is 3. The van der Waals surface area contributed by atoms with Gasteiger partial charge in [-0.1, -0.05) is 36.4 Å². The Labute approximate surface area is 231 Å². The van der Waals surface area contributed by atoms with Crippen molar-refractivity contribution in [3.63, 3.8) is 0 Å². The maximum Gasteiger partial charge on any atom is 0.323 e. The molecule has 1 aliphatic carbocycles. The second kappa shape index (κ2) is 10.5. The lowest BCUT2D eigenvalue weighted by atomic mass is 9.83. The molecule has 0 spiro atoms. The third kappa shape index (κ3) is 4.73. The second-order valence-corrected chi connectivity index (χ2v) is 9.18. The number of carbonyl (C=O) groups is 6. The third-order valence-corrected chi connectivity index (χ3v) is 6.59. The number of anilines is 1. The molecule has 0 aliphatic heterocycles. The van der Waals surface area contributed by atoms with Gasteiger partial charge in [-0.3, -0.25) is 33.6 Å². The van der Waals surface area contributed by atoms with Crippen molar-refractivity contribution in [2.75, 3.05) is 11.9 Å². The Morgan fingerprint density at radius 3 is 2.29 bits per heavy atom. The van der Waals surface area contributed by atoms with E-state index in [1.807, 2.05) is 0 Å². The van der Waals surface area contributed by atoms with E-state index >= 15 is 0 Å². The number of amides is 1. The molecule has 1 heterocycles. The van der Waals surface area contributed by atoms with Crippen LogP contribution in [-0.2, 0) is 19.1 Å². The smallest absolute Gasteiger partial charge is 0.323 e. The summed E-state index contributed by atoms with van der Waals surface area (Å²) in [5.41, 5.74) is -0.901. The van der Waals surface area contributed by atoms with E-state index in [1.165, 1.54) is 62.4 Å². The molecule has 0 unspecified atom stereocenters. The number of nitrogens with zero attached hydrogens (tertiary/aromatic N) is 1. The standard InChI is InChI=1S/C30H21N3O8/c1-3-41-30(40)22(27(37)29(39)31-16-8-6-7-15(13-16)14(2)34)24-28(38)33-23-20(32-24)12-11-19-21(23)26(36)18-10-5-4-9-17(18)25(19)35/h4-13,22H,3H2,1-2H3,(H,31,39)(H,33,38)/t22-/m1/s1. The number of hydrogen-bond donors (Lipinski definition) is 2. The molecule has 41 heavy (non-hydrogen) atoms. The number of fused-ring (bicyclic) bond motifs is 4. The van der Waals surface area contributed by atoms with Crippen LogP contribution in [0.25, 0.3) is 11.0 Å². The van der Waals surface area contributed by atoms with Gasteiger partial charge < -0.3 is 15.0 Å². The molecule has 204 valence electrons. The highest BCUT2D eigenvalue weighted by Crippen LogP contribution is 2.31. The molecule has 3 aromatic carbocycles. The molecule has 0 radical (unpaired) electrons. The molecule has 11 nitrogen and oxygen atoms in total. The molecule has 0 saturated heterocycles. The minimum atomic E-state index is -2.03. The average Bonchev–Trinajstić information content (AvgIpc) is 2.96. The summed E-state index contributed by atoms with van der Waals surface area (Å²) in [7, 11) is 0. The highest BCUT2D eigenvalue weighted by molar-refractivity contribution is 6.45. The fraction of sp³-hybridized carbons (Fsp3) is 0.133. The molecular formula is C30H21N3O8. The average molecular weight is 552 g/mol. The van der Waals surface area contributed by atoms with Crippen molar-refractivity contribution in [3.05, 3.63) is 105 Å². The lowest BCUT2D eigenvalue weighted by Crippen LogP contribution is -2.37.